The summed E-state index contributed by atoms with van der Waals surface area (Å²) < 4.78 is 10.9. The molecule has 0 radical (unpaired) electrons. The first-order valence-electron chi connectivity index (χ1n) is 8.70. The lowest BCUT2D eigenvalue weighted by atomic mass is 9.93. The van der Waals surface area contributed by atoms with Crippen molar-refractivity contribution in [2.75, 3.05) is 26.3 Å². The second-order valence-corrected chi connectivity index (χ2v) is 6.12. The minimum atomic E-state index is 0.0780. The summed E-state index contributed by atoms with van der Waals surface area (Å²) >= 11 is 0. The molecule has 1 atom stereocenters. The van der Waals surface area contributed by atoms with Gasteiger partial charge in [-0.05, 0) is 32.1 Å². The number of hydrogen-bond donors (Lipinski definition) is 0. The Kier molecular flexibility index (Phi) is 6.05. The van der Waals surface area contributed by atoms with Crippen LogP contribution in [0.25, 0.3) is 11.6 Å². The number of aromatic nitrogens is 4. The topological polar surface area (TPSA) is 94.2 Å². The lowest BCUT2D eigenvalue weighted by Gasteiger charge is -2.32. The second-order valence-electron chi connectivity index (χ2n) is 6.12. The lowest BCUT2D eigenvalue weighted by molar-refractivity contribution is -0.137. The van der Waals surface area contributed by atoms with Gasteiger partial charge in [0, 0.05) is 38.5 Å². The van der Waals surface area contributed by atoms with E-state index in [1.165, 1.54) is 0 Å². The molecule has 1 saturated heterocycles. The molecule has 0 aliphatic carbocycles. The van der Waals surface area contributed by atoms with Crippen LogP contribution >= 0.6 is 0 Å². The summed E-state index contributed by atoms with van der Waals surface area (Å²) in [5.41, 5.74) is 0.576. The molecule has 1 unspecified atom stereocenters. The Morgan fingerprint density at radius 1 is 1.40 bits per heavy atom. The van der Waals surface area contributed by atoms with Crippen molar-refractivity contribution in [2.24, 2.45) is 5.92 Å². The van der Waals surface area contributed by atoms with E-state index < -0.39 is 0 Å². The van der Waals surface area contributed by atoms with Gasteiger partial charge in [0.15, 0.2) is 0 Å². The van der Waals surface area contributed by atoms with E-state index in [1.54, 1.807) is 18.6 Å². The molecule has 2 aromatic heterocycles. The summed E-state index contributed by atoms with van der Waals surface area (Å²) in [5, 5.41) is 8.11. The highest BCUT2D eigenvalue weighted by Gasteiger charge is 2.24. The summed E-state index contributed by atoms with van der Waals surface area (Å²) in [6, 6.07) is 0. The summed E-state index contributed by atoms with van der Waals surface area (Å²) in [6.45, 7) is 4.23. The van der Waals surface area contributed by atoms with Crippen LogP contribution in [0.1, 0.15) is 32.1 Å². The van der Waals surface area contributed by atoms with E-state index >= 15 is 0 Å². The van der Waals surface area contributed by atoms with Crippen molar-refractivity contribution in [3.05, 3.63) is 24.5 Å². The molecule has 0 saturated carbocycles. The summed E-state index contributed by atoms with van der Waals surface area (Å²) in [7, 11) is 0. The number of nitrogens with zero attached hydrogens (tertiary/aromatic N) is 5. The molecule has 134 valence electrons. The molecule has 1 aliphatic rings. The number of carbonyl (C=O) groups is 1. The minimum absolute atomic E-state index is 0.0780. The van der Waals surface area contributed by atoms with Gasteiger partial charge < -0.3 is 14.1 Å². The Morgan fingerprint density at radius 3 is 3.12 bits per heavy atom. The van der Waals surface area contributed by atoms with Crippen molar-refractivity contribution in [1.82, 2.24) is 25.1 Å². The summed E-state index contributed by atoms with van der Waals surface area (Å²) in [4.78, 5) is 22.1. The van der Waals surface area contributed by atoms with E-state index in [4.69, 9.17) is 9.15 Å². The van der Waals surface area contributed by atoms with Gasteiger partial charge in [0.05, 0.1) is 6.20 Å². The van der Waals surface area contributed by atoms with Crippen LogP contribution < -0.4 is 0 Å². The van der Waals surface area contributed by atoms with Crippen LogP contribution in [-0.2, 0) is 16.0 Å². The highest BCUT2D eigenvalue weighted by molar-refractivity contribution is 5.77. The van der Waals surface area contributed by atoms with Crippen LogP contribution in [-0.4, -0.2) is 57.3 Å². The van der Waals surface area contributed by atoms with Gasteiger partial charge in [-0.2, -0.15) is 0 Å². The SMILES string of the molecule is CCOCC(=O)N1CCCC(CCc2nnc(-c3cnccn3)o2)C1. The van der Waals surface area contributed by atoms with E-state index in [-0.39, 0.29) is 12.5 Å². The Balaban J connectivity index is 1.50. The standard InChI is InChI=1S/C17H23N5O3/c1-2-24-12-16(23)22-9-3-4-13(11-22)5-6-15-20-21-17(25-15)14-10-18-7-8-19-14/h7-8,10,13H,2-6,9,11-12H2,1H3. The third-order valence-electron chi connectivity index (χ3n) is 4.32. The van der Waals surface area contributed by atoms with Crippen LogP contribution in [0.15, 0.2) is 23.0 Å². The molecular formula is C17H23N5O3. The number of rotatable bonds is 7. The summed E-state index contributed by atoms with van der Waals surface area (Å²) in [6.07, 6.45) is 8.55. The molecule has 25 heavy (non-hydrogen) atoms. The number of aryl methyl sites for hydroxylation is 1. The van der Waals surface area contributed by atoms with Crippen molar-refractivity contribution in [1.29, 1.82) is 0 Å². The van der Waals surface area contributed by atoms with E-state index in [9.17, 15) is 4.79 Å². The fraction of sp³-hybridized carbons (Fsp3) is 0.588. The zero-order chi connectivity index (χ0) is 17.5. The van der Waals surface area contributed by atoms with E-state index in [0.29, 0.717) is 36.4 Å². The van der Waals surface area contributed by atoms with Crippen LogP contribution in [0.2, 0.25) is 0 Å². The normalized spacial score (nSPS) is 17.6. The van der Waals surface area contributed by atoms with Crippen LogP contribution in [0.3, 0.4) is 0 Å². The molecule has 1 amide bonds. The largest absolute Gasteiger partial charge is 0.419 e. The van der Waals surface area contributed by atoms with Crippen molar-refractivity contribution < 1.29 is 13.9 Å². The number of likely N-dealkylation sites (tertiary alicyclic amines) is 1. The van der Waals surface area contributed by atoms with Crippen molar-refractivity contribution >= 4 is 5.91 Å². The maximum absolute atomic E-state index is 12.1. The zero-order valence-corrected chi connectivity index (χ0v) is 14.4. The average molecular weight is 345 g/mol. The number of piperidine rings is 1. The Hall–Kier alpha value is -2.35. The van der Waals surface area contributed by atoms with Gasteiger partial charge in [-0.25, -0.2) is 4.98 Å². The smallest absolute Gasteiger partial charge is 0.267 e. The quantitative estimate of drug-likeness (QED) is 0.754. The molecule has 0 bridgehead atoms. The first-order valence-corrected chi connectivity index (χ1v) is 8.70. The van der Waals surface area contributed by atoms with Gasteiger partial charge >= 0.3 is 0 Å². The molecular weight excluding hydrogens is 322 g/mol. The first-order chi connectivity index (χ1) is 12.3. The second kappa shape index (κ2) is 8.66. The van der Waals surface area contributed by atoms with Gasteiger partial charge in [-0.3, -0.25) is 9.78 Å². The minimum Gasteiger partial charge on any atom is -0.419 e. The van der Waals surface area contributed by atoms with Crippen LogP contribution in [0.5, 0.6) is 0 Å². The Morgan fingerprint density at radius 2 is 2.32 bits per heavy atom. The van der Waals surface area contributed by atoms with E-state index in [1.807, 2.05) is 11.8 Å². The molecule has 0 aromatic carbocycles. The molecule has 1 aliphatic heterocycles. The lowest BCUT2D eigenvalue weighted by Crippen LogP contribution is -2.41. The number of ether oxygens (including phenoxy) is 1. The fourth-order valence-corrected chi connectivity index (χ4v) is 3.00. The van der Waals surface area contributed by atoms with Gasteiger partial charge in [0.1, 0.15) is 12.3 Å². The maximum atomic E-state index is 12.1. The predicted molar refractivity (Wildman–Crippen MR) is 89.4 cm³/mol. The number of carbonyl (C=O) groups excluding carboxylic acids is 1. The van der Waals surface area contributed by atoms with E-state index in [0.717, 1.165) is 32.4 Å². The van der Waals surface area contributed by atoms with Crippen LogP contribution in [0.4, 0.5) is 0 Å². The molecule has 3 heterocycles. The van der Waals surface area contributed by atoms with Crippen molar-refractivity contribution in [2.45, 2.75) is 32.6 Å². The van der Waals surface area contributed by atoms with Crippen LogP contribution in [0, 0.1) is 5.92 Å². The third kappa shape index (κ3) is 4.82. The Labute approximate surface area is 146 Å². The number of amides is 1. The maximum Gasteiger partial charge on any atom is 0.267 e. The third-order valence-corrected chi connectivity index (χ3v) is 4.32. The van der Waals surface area contributed by atoms with Gasteiger partial charge in [-0.1, -0.05) is 0 Å². The summed E-state index contributed by atoms with van der Waals surface area (Å²) in [5.74, 6) is 1.51. The van der Waals surface area contributed by atoms with Crippen molar-refractivity contribution in [3.8, 4) is 11.6 Å². The van der Waals surface area contributed by atoms with Gasteiger partial charge in [-0.15, -0.1) is 10.2 Å². The molecule has 8 nitrogen and oxygen atoms in total. The predicted octanol–water partition coefficient (Wildman–Crippen LogP) is 1.73. The van der Waals surface area contributed by atoms with Crippen molar-refractivity contribution in [3.63, 3.8) is 0 Å². The first kappa shape index (κ1) is 17.5. The van der Waals surface area contributed by atoms with Gasteiger partial charge in [0.25, 0.3) is 5.89 Å². The molecule has 8 heteroatoms. The average Bonchev–Trinajstić information content (AvgIpc) is 3.14. The fourth-order valence-electron chi connectivity index (χ4n) is 3.00. The molecule has 1 fully saturated rings. The van der Waals surface area contributed by atoms with Gasteiger partial charge in [0.2, 0.25) is 11.8 Å². The monoisotopic (exact) mass is 345 g/mol. The highest BCUT2D eigenvalue weighted by atomic mass is 16.5. The zero-order valence-electron chi connectivity index (χ0n) is 14.4. The molecule has 0 N–H and O–H groups in total. The van der Waals surface area contributed by atoms with E-state index in [2.05, 4.69) is 20.2 Å². The molecule has 0 spiro atoms. The molecule has 2 aromatic rings. The highest BCUT2D eigenvalue weighted by Crippen LogP contribution is 2.22. The number of hydrogen-bond acceptors (Lipinski definition) is 7. The Bertz CT molecular complexity index is 676. The molecule has 3 rings (SSSR count).